The van der Waals surface area contributed by atoms with Gasteiger partial charge in [-0.2, -0.15) is 0 Å². The van der Waals surface area contributed by atoms with Gasteiger partial charge in [-0.05, 0) is 11.1 Å². The summed E-state index contributed by atoms with van der Waals surface area (Å²) in [5.41, 5.74) is 1.40. The summed E-state index contributed by atoms with van der Waals surface area (Å²) in [4.78, 5) is 4.07. The van der Waals surface area contributed by atoms with Gasteiger partial charge >= 0.3 is 0 Å². The summed E-state index contributed by atoms with van der Waals surface area (Å²) < 4.78 is 0. The van der Waals surface area contributed by atoms with Crippen molar-refractivity contribution in [1.82, 2.24) is 0 Å². The SMILES string of the molecule is C=C(c1ccccc1)C(CO)OO. The lowest BCUT2D eigenvalue weighted by Crippen LogP contribution is -2.17. The quantitative estimate of drug-likeness (QED) is 0.546. The van der Waals surface area contributed by atoms with Crippen LogP contribution in [0.5, 0.6) is 0 Å². The van der Waals surface area contributed by atoms with E-state index in [2.05, 4.69) is 11.5 Å². The van der Waals surface area contributed by atoms with Crippen LogP contribution in [0.15, 0.2) is 36.9 Å². The van der Waals surface area contributed by atoms with Gasteiger partial charge in [-0.3, -0.25) is 5.26 Å². The van der Waals surface area contributed by atoms with Crippen molar-refractivity contribution in [2.24, 2.45) is 0 Å². The molecule has 1 atom stereocenters. The van der Waals surface area contributed by atoms with Crippen molar-refractivity contribution in [3.05, 3.63) is 42.5 Å². The molecular formula is C10H12O3. The van der Waals surface area contributed by atoms with Crippen LogP contribution in [0.1, 0.15) is 5.56 Å². The second kappa shape index (κ2) is 4.77. The summed E-state index contributed by atoms with van der Waals surface area (Å²) in [6.07, 6.45) is -0.748. The predicted molar refractivity (Wildman–Crippen MR) is 50.1 cm³/mol. The van der Waals surface area contributed by atoms with E-state index in [1.165, 1.54) is 0 Å². The van der Waals surface area contributed by atoms with E-state index in [0.29, 0.717) is 5.57 Å². The second-order valence-corrected chi connectivity index (χ2v) is 2.67. The molecule has 0 spiro atoms. The molecule has 0 bridgehead atoms. The van der Waals surface area contributed by atoms with Crippen molar-refractivity contribution in [2.45, 2.75) is 6.10 Å². The second-order valence-electron chi connectivity index (χ2n) is 2.67. The first-order valence-electron chi connectivity index (χ1n) is 3.95. The first-order valence-corrected chi connectivity index (χ1v) is 3.95. The molecule has 13 heavy (non-hydrogen) atoms. The van der Waals surface area contributed by atoms with E-state index in [9.17, 15) is 0 Å². The molecule has 0 heterocycles. The van der Waals surface area contributed by atoms with Crippen molar-refractivity contribution in [2.75, 3.05) is 6.61 Å². The molecule has 0 aromatic heterocycles. The Balaban J connectivity index is 2.78. The summed E-state index contributed by atoms with van der Waals surface area (Å²) in [6, 6.07) is 9.26. The van der Waals surface area contributed by atoms with Gasteiger partial charge in [-0.15, -0.1) is 0 Å². The van der Waals surface area contributed by atoms with Crippen LogP contribution in [0.2, 0.25) is 0 Å². The van der Waals surface area contributed by atoms with E-state index in [-0.39, 0.29) is 6.61 Å². The van der Waals surface area contributed by atoms with Crippen molar-refractivity contribution in [1.29, 1.82) is 0 Å². The van der Waals surface area contributed by atoms with Crippen molar-refractivity contribution < 1.29 is 15.3 Å². The monoisotopic (exact) mass is 180 g/mol. The molecule has 1 aromatic carbocycles. The molecule has 0 fully saturated rings. The Morgan fingerprint density at radius 1 is 1.38 bits per heavy atom. The fraction of sp³-hybridized carbons (Fsp3) is 0.200. The summed E-state index contributed by atoms with van der Waals surface area (Å²) in [7, 11) is 0. The largest absolute Gasteiger partial charge is 0.393 e. The predicted octanol–water partition coefficient (Wildman–Crippen LogP) is 1.55. The van der Waals surface area contributed by atoms with Crippen LogP contribution < -0.4 is 0 Å². The third kappa shape index (κ3) is 2.39. The lowest BCUT2D eigenvalue weighted by atomic mass is 10.0. The third-order valence-corrected chi connectivity index (χ3v) is 1.83. The summed E-state index contributed by atoms with van der Waals surface area (Å²) in [6.45, 7) is 3.43. The zero-order chi connectivity index (χ0) is 9.68. The first-order chi connectivity index (χ1) is 6.29. The number of hydrogen-bond acceptors (Lipinski definition) is 3. The molecule has 3 nitrogen and oxygen atoms in total. The van der Waals surface area contributed by atoms with Gasteiger partial charge in [-0.1, -0.05) is 36.9 Å². The number of hydrogen-bond donors (Lipinski definition) is 2. The van der Waals surface area contributed by atoms with E-state index in [4.69, 9.17) is 10.4 Å². The van der Waals surface area contributed by atoms with Crippen molar-refractivity contribution in [3.63, 3.8) is 0 Å². The molecule has 3 heteroatoms. The van der Waals surface area contributed by atoms with Crippen LogP contribution >= 0.6 is 0 Å². The van der Waals surface area contributed by atoms with Gasteiger partial charge in [0.25, 0.3) is 0 Å². The molecule has 1 aromatic rings. The minimum atomic E-state index is -0.748. The first kappa shape index (κ1) is 9.92. The number of aliphatic hydroxyl groups excluding tert-OH is 1. The molecule has 0 aliphatic rings. The number of aliphatic hydroxyl groups is 1. The highest BCUT2D eigenvalue weighted by Gasteiger charge is 2.12. The molecule has 2 N–H and O–H groups in total. The fourth-order valence-corrected chi connectivity index (χ4v) is 1.05. The summed E-state index contributed by atoms with van der Waals surface area (Å²) in [5, 5.41) is 17.2. The van der Waals surface area contributed by atoms with Gasteiger partial charge in [0.1, 0.15) is 6.10 Å². The van der Waals surface area contributed by atoms with Crippen LogP contribution in [0.4, 0.5) is 0 Å². The maximum atomic E-state index is 8.81. The van der Waals surface area contributed by atoms with E-state index >= 15 is 0 Å². The average molecular weight is 180 g/mol. The van der Waals surface area contributed by atoms with Crippen LogP contribution in [0.3, 0.4) is 0 Å². The van der Waals surface area contributed by atoms with Crippen LogP contribution in [0, 0.1) is 0 Å². The van der Waals surface area contributed by atoms with Crippen LogP contribution in [-0.2, 0) is 4.89 Å². The van der Waals surface area contributed by atoms with E-state index in [1.807, 2.05) is 30.3 Å². The lowest BCUT2D eigenvalue weighted by molar-refractivity contribution is -0.268. The number of rotatable bonds is 4. The average Bonchev–Trinajstić information content (AvgIpc) is 2.21. The maximum absolute atomic E-state index is 8.81. The Hall–Kier alpha value is -1.16. The Bertz CT molecular complexity index is 265. The molecule has 0 aliphatic heterocycles. The minimum Gasteiger partial charge on any atom is -0.393 e. The van der Waals surface area contributed by atoms with Gasteiger partial charge < -0.3 is 5.11 Å². The molecule has 0 saturated heterocycles. The van der Waals surface area contributed by atoms with E-state index in [0.717, 1.165) is 5.56 Å². The Kier molecular flexibility index (Phi) is 3.64. The molecule has 0 saturated carbocycles. The highest BCUT2D eigenvalue weighted by molar-refractivity contribution is 5.66. The molecule has 0 radical (unpaired) electrons. The minimum absolute atomic E-state index is 0.287. The smallest absolute Gasteiger partial charge is 0.141 e. The highest BCUT2D eigenvalue weighted by atomic mass is 17.1. The van der Waals surface area contributed by atoms with Gasteiger partial charge in [-0.25, -0.2) is 4.89 Å². The normalized spacial score (nSPS) is 12.5. The Labute approximate surface area is 76.8 Å². The highest BCUT2D eigenvalue weighted by Crippen LogP contribution is 2.17. The zero-order valence-corrected chi connectivity index (χ0v) is 7.18. The van der Waals surface area contributed by atoms with Crippen molar-refractivity contribution >= 4 is 5.57 Å². The van der Waals surface area contributed by atoms with Gasteiger partial charge in [0, 0.05) is 0 Å². The third-order valence-electron chi connectivity index (χ3n) is 1.83. The molecule has 1 unspecified atom stereocenters. The Morgan fingerprint density at radius 2 is 2.00 bits per heavy atom. The standard InChI is InChI=1S/C10H12O3/c1-8(10(7-11)13-12)9-5-3-2-4-6-9/h2-6,10-12H,1,7H2. The summed E-state index contributed by atoms with van der Waals surface area (Å²) >= 11 is 0. The molecule has 70 valence electrons. The van der Waals surface area contributed by atoms with Crippen LogP contribution in [0.25, 0.3) is 5.57 Å². The van der Waals surface area contributed by atoms with Gasteiger partial charge in [0.2, 0.25) is 0 Å². The maximum Gasteiger partial charge on any atom is 0.141 e. The van der Waals surface area contributed by atoms with Gasteiger partial charge in [0.05, 0.1) is 6.61 Å². The van der Waals surface area contributed by atoms with Gasteiger partial charge in [0.15, 0.2) is 0 Å². The van der Waals surface area contributed by atoms with Crippen molar-refractivity contribution in [3.8, 4) is 0 Å². The topological polar surface area (TPSA) is 49.7 Å². The summed E-state index contributed by atoms with van der Waals surface area (Å²) in [5.74, 6) is 0. The number of benzene rings is 1. The van der Waals surface area contributed by atoms with E-state index in [1.54, 1.807) is 0 Å². The Morgan fingerprint density at radius 3 is 2.46 bits per heavy atom. The molecular weight excluding hydrogens is 168 g/mol. The lowest BCUT2D eigenvalue weighted by Gasteiger charge is -2.13. The molecule has 0 amide bonds. The zero-order valence-electron chi connectivity index (χ0n) is 7.18. The fourth-order valence-electron chi connectivity index (χ4n) is 1.05. The van der Waals surface area contributed by atoms with Crippen LogP contribution in [-0.4, -0.2) is 23.1 Å². The molecule has 1 rings (SSSR count). The van der Waals surface area contributed by atoms with E-state index < -0.39 is 6.10 Å². The molecule has 0 aliphatic carbocycles.